The van der Waals surface area contributed by atoms with E-state index in [0.717, 1.165) is 11.3 Å². The molecule has 0 radical (unpaired) electrons. The van der Waals surface area contributed by atoms with Crippen LogP contribution in [0.3, 0.4) is 0 Å². The van der Waals surface area contributed by atoms with Gasteiger partial charge in [0.1, 0.15) is 0 Å². The molecule has 0 saturated heterocycles. The van der Waals surface area contributed by atoms with Crippen LogP contribution >= 0.6 is 11.3 Å². The van der Waals surface area contributed by atoms with Gasteiger partial charge in [0.2, 0.25) is 5.91 Å². The molecule has 1 heterocycles. The summed E-state index contributed by atoms with van der Waals surface area (Å²) in [6.07, 6.45) is 0.945. The van der Waals surface area contributed by atoms with Crippen molar-refractivity contribution in [2.45, 2.75) is 47.1 Å². The molecule has 1 amide bonds. The van der Waals surface area contributed by atoms with Crippen molar-refractivity contribution in [1.29, 1.82) is 0 Å². The third kappa shape index (κ3) is 3.82. The second-order valence-corrected chi connectivity index (χ2v) is 6.55. The molecular formula is C15H23NO3S. The summed E-state index contributed by atoms with van der Waals surface area (Å²) >= 11 is 1.62. The lowest BCUT2D eigenvalue weighted by molar-refractivity contribution is -0.153. The van der Waals surface area contributed by atoms with Crippen molar-refractivity contribution in [3.05, 3.63) is 21.9 Å². The zero-order chi connectivity index (χ0) is 15.3. The molecule has 1 aromatic rings. The summed E-state index contributed by atoms with van der Waals surface area (Å²) < 4.78 is 0. The molecule has 1 aromatic heterocycles. The standard InChI is InChI=1S/C15H23NO3S/c1-5-11-6-7-20-12(11)9-16-13(17)8-15(4,10(2)3)14(18)19/h6-7,10H,5,8-9H2,1-4H3,(H,16,17)(H,18,19). The number of carboxylic acids is 1. The van der Waals surface area contributed by atoms with Crippen LogP contribution in [0, 0.1) is 11.3 Å². The molecule has 0 spiro atoms. The third-order valence-electron chi connectivity index (χ3n) is 3.96. The van der Waals surface area contributed by atoms with Crippen LogP contribution in [0.4, 0.5) is 0 Å². The van der Waals surface area contributed by atoms with Gasteiger partial charge >= 0.3 is 5.97 Å². The average Bonchev–Trinajstić information content (AvgIpc) is 2.83. The van der Waals surface area contributed by atoms with Gasteiger partial charge in [0.05, 0.1) is 12.0 Å². The minimum Gasteiger partial charge on any atom is -0.481 e. The van der Waals surface area contributed by atoms with Gasteiger partial charge in [0, 0.05) is 11.3 Å². The van der Waals surface area contributed by atoms with Crippen LogP contribution in [0.15, 0.2) is 11.4 Å². The van der Waals surface area contributed by atoms with E-state index >= 15 is 0 Å². The summed E-state index contributed by atoms with van der Waals surface area (Å²) in [6.45, 7) is 7.84. The van der Waals surface area contributed by atoms with Gasteiger partial charge in [-0.25, -0.2) is 0 Å². The molecule has 4 nitrogen and oxygen atoms in total. The minimum atomic E-state index is -1.02. The highest BCUT2D eigenvalue weighted by Gasteiger charge is 2.38. The lowest BCUT2D eigenvalue weighted by atomic mass is 9.76. The number of rotatable bonds is 7. The smallest absolute Gasteiger partial charge is 0.310 e. The Balaban J connectivity index is 2.62. The molecule has 112 valence electrons. The first-order valence-corrected chi connectivity index (χ1v) is 7.74. The van der Waals surface area contributed by atoms with Gasteiger partial charge in [-0.1, -0.05) is 20.8 Å². The normalized spacial score (nSPS) is 14.1. The van der Waals surface area contributed by atoms with E-state index in [0.29, 0.717) is 6.54 Å². The van der Waals surface area contributed by atoms with Crippen LogP contribution in [0.1, 0.15) is 44.6 Å². The van der Waals surface area contributed by atoms with Gasteiger partial charge < -0.3 is 10.4 Å². The van der Waals surface area contributed by atoms with Gasteiger partial charge in [-0.05, 0) is 36.3 Å². The number of nitrogens with one attached hydrogen (secondary N) is 1. The number of aryl methyl sites for hydroxylation is 1. The Morgan fingerprint density at radius 3 is 2.60 bits per heavy atom. The maximum Gasteiger partial charge on any atom is 0.310 e. The first-order valence-electron chi connectivity index (χ1n) is 6.86. The number of carboxylic acid groups (broad SMARTS) is 1. The molecule has 20 heavy (non-hydrogen) atoms. The zero-order valence-electron chi connectivity index (χ0n) is 12.5. The highest BCUT2D eigenvalue weighted by atomic mass is 32.1. The quantitative estimate of drug-likeness (QED) is 0.813. The van der Waals surface area contributed by atoms with Crippen molar-refractivity contribution in [1.82, 2.24) is 5.32 Å². The summed E-state index contributed by atoms with van der Waals surface area (Å²) in [5.74, 6) is -1.23. The Kier molecular flexibility index (Phi) is 5.74. The number of hydrogen-bond donors (Lipinski definition) is 2. The van der Waals surface area contributed by atoms with E-state index in [1.54, 1.807) is 18.3 Å². The molecule has 2 N–H and O–H groups in total. The fraction of sp³-hybridized carbons (Fsp3) is 0.600. The number of thiophene rings is 1. The highest BCUT2D eigenvalue weighted by Crippen LogP contribution is 2.31. The number of carbonyl (C=O) groups is 2. The highest BCUT2D eigenvalue weighted by molar-refractivity contribution is 7.10. The van der Waals surface area contributed by atoms with E-state index in [1.165, 1.54) is 5.56 Å². The van der Waals surface area contributed by atoms with Crippen LogP contribution in [0.2, 0.25) is 0 Å². The first kappa shape index (κ1) is 16.7. The second-order valence-electron chi connectivity index (χ2n) is 5.55. The van der Waals surface area contributed by atoms with E-state index in [9.17, 15) is 14.7 Å². The summed E-state index contributed by atoms with van der Waals surface area (Å²) in [6, 6.07) is 2.06. The van der Waals surface area contributed by atoms with Gasteiger partial charge in [-0.15, -0.1) is 11.3 Å². The number of aliphatic carboxylic acids is 1. The van der Waals surface area contributed by atoms with Crippen molar-refractivity contribution in [3.63, 3.8) is 0 Å². The van der Waals surface area contributed by atoms with Crippen LogP contribution in [0.25, 0.3) is 0 Å². The fourth-order valence-electron chi connectivity index (χ4n) is 1.94. The van der Waals surface area contributed by atoms with Gasteiger partial charge in [-0.3, -0.25) is 9.59 Å². The summed E-state index contributed by atoms with van der Waals surface area (Å²) in [4.78, 5) is 24.5. The van der Waals surface area contributed by atoms with Crippen LogP contribution < -0.4 is 5.32 Å². The van der Waals surface area contributed by atoms with Crippen LogP contribution in [0.5, 0.6) is 0 Å². The van der Waals surface area contributed by atoms with Gasteiger partial charge in [0.15, 0.2) is 0 Å². The van der Waals surface area contributed by atoms with Crippen molar-refractivity contribution in [2.75, 3.05) is 0 Å². The lowest BCUT2D eigenvalue weighted by Gasteiger charge is -2.28. The number of hydrogen-bond acceptors (Lipinski definition) is 3. The number of amides is 1. The Morgan fingerprint density at radius 1 is 1.45 bits per heavy atom. The molecule has 1 atom stereocenters. The Labute approximate surface area is 124 Å². The maximum atomic E-state index is 12.0. The number of carbonyl (C=O) groups excluding carboxylic acids is 1. The van der Waals surface area contributed by atoms with E-state index in [4.69, 9.17) is 0 Å². The van der Waals surface area contributed by atoms with Crippen molar-refractivity contribution < 1.29 is 14.7 Å². The molecule has 0 aliphatic rings. The molecule has 0 aliphatic heterocycles. The predicted octanol–water partition coefficient (Wildman–Crippen LogP) is 3.06. The van der Waals surface area contributed by atoms with Crippen molar-refractivity contribution in [2.24, 2.45) is 11.3 Å². The SMILES string of the molecule is CCc1ccsc1CNC(=O)CC(C)(C(=O)O)C(C)C. The summed E-state index contributed by atoms with van der Waals surface area (Å²) in [7, 11) is 0. The van der Waals surface area contributed by atoms with E-state index in [-0.39, 0.29) is 18.2 Å². The average molecular weight is 297 g/mol. The molecule has 1 rings (SSSR count). The van der Waals surface area contributed by atoms with Crippen molar-refractivity contribution >= 4 is 23.2 Å². The predicted molar refractivity (Wildman–Crippen MR) is 80.7 cm³/mol. The third-order valence-corrected chi connectivity index (χ3v) is 4.92. The van der Waals surface area contributed by atoms with Gasteiger partial charge in [-0.2, -0.15) is 0 Å². The second kappa shape index (κ2) is 6.88. The van der Waals surface area contributed by atoms with E-state index in [2.05, 4.69) is 18.3 Å². The monoisotopic (exact) mass is 297 g/mol. The van der Waals surface area contributed by atoms with E-state index in [1.807, 2.05) is 19.2 Å². The maximum absolute atomic E-state index is 12.0. The van der Waals surface area contributed by atoms with E-state index < -0.39 is 11.4 Å². The summed E-state index contributed by atoms with van der Waals surface area (Å²) in [5.41, 5.74) is 0.216. The minimum absolute atomic E-state index is 0.00678. The molecule has 0 aromatic carbocycles. The van der Waals surface area contributed by atoms with Gasteiger partial charge in [0.25, 0.3) is 0 Å². The first-order chi connectivity index (χ1) is 9.31. The molecule has 0 fully saturated rings. The zero-order valence-corrected chi connectivity index (χ0v) is 13.3. The lowest BCUT2D eigenvalue weighted by Crippen LogP contribution is -2.39. The fourth-order valence-corrected chi connectivity index (χ4v) is 2.85. The molecular weight excluding hydrogens is 274 g/mol. The molecule has 0 bridgehead atoms. The Hall–Kier alpha value is -1.36. The molecule has 5 heteroatoms. The molecule has 1 unspecified atom stereocenters. The molecule has 0 aliphatic carbocycles. The van der Waals surface area contributed by atoms with Crippen LogP contribution in [-0.2, 0) is 22.6 Å². The van der Waals surface area contributed by atoms with Crippen LogP contribution in [-0.4, -0.2) is 17.0 Å². The largest absolute Gasteiger partial charge is 0.481 e. The van der Waals surface area contributed by atoms with Crippen molar-refractivity contribution in [3.8, 4) is 0 Å². The topological polar surface area (TPSA) is 66.4 Å². The Bertz CT molecular complexity index is 481. The Morgan fingerprint density at radius 2 is 2.10 bits per heavy atom. The summed E-state index contributed by atoms with van der Waals surface area (Å²) in [5, 5.41) is 14.2. The molecule has 0 saturated carbocycles.